The number of primary amides is 1. The first-order valence-corrected chi connectivity index (χ1v) is 3.41. The lowest BCUT2D eigenvalue weighted by Gasteiger charge is -1.90. The van der Waals surface area contributed by atoms with E-state index in [1.165, 1.54) is 11.8 Å². The van der Waals surface area contributed by atoms with Crippen molar-refractivity contribution in [3.63, 3.8) is 0 Å². The molecule has 2 amide bonds. The summed E-state index contributed by atoms with van der Waals surface area (Å²) < 4.78 is 0. The number of urea groups is 1. The number of amides is 2. The van der Waals surface area contributed by atoms with Crippen LogP contribution in [-0.4, -0.2) is 12.2 Å². The van der Waals surface area contributed by atoms with Gasteiger partial charge >= 0.3 is 6.03 Å². The molecule has 62 valence electrons. The summed E-state index contributed by atoms with van der Waals surface area (Å²) in [4.78, 5) is 10.1. The molecule has 0 bridgehead atoms. The Labute approximate surface area is 66.2 Å². The molecule has 0 saturated carbocycles. The molecule has 0 saturated heterocycles. The summed E-state index contributed by atoms with van der Waals surface area (Å²) in [5, 5.41) is 3.53. The Morgan fingerprint density at radius 1 is 1.73 bits per heavy atom. The number of hydrazone groups is 1. The number of nitrogens with two attached hydrogens (primary N) is 1. The van der Waals surface area contributed by atoms with Gasteiger partial charge in [0.05, 0.1) is 0 Å². The Morgan fingerprint density at radius 2 is 2.36 bits per heavy atom. The van der Waals surface area contributed by atoms with Crippen LogP contribution in [0.5, 0.6) is 0 Å². The van der Waals surface area contributed by atoms with Crippen LogP contribution in [0.25, 0.3) is 0 Å². The maximum atomic E-state index is 10.1. The normalized spacial score (nSPS) is 12.0. The lowest BCUT2D eigenvalue weighted by Crippen LogP contribution is -2.24. The van der Waals surface area contributed by atoms with Crippen molar-refractivity contribution in [2.45, 2.75) is 20.3 Å². The molecule has 0 fully saturated rings. The SMILES string of the molecule is CC/C(C)=C/C=N/NC(N)=O. The van der Waals surface area contributed by atoms with Gasteiger partial charge in [-0.25, -0.2) is 10.2 Å². The van der Waals surface area contributed by atoms with Crippen molar-refractivity contribution in [2.75, 3.05) is 0 Å². The monoisotopic (exact) mass is 155 g/mol. The van der Waals surface area contributed by atoms with Gasteiger partial charge in [-0.2, -0.15) is 5.10 Å². The van der Waals surface area contributed by atoms with Gasteiger partial charge in [-0.05, 0) is 19.4 Å². The molecule has 0 atom stereocenters. The van der Waals surface area contributed by atoms with Gasteiger partial charge in [0.1, 0.15) is 0 Å². The highest BCUT2D eigenvalue weighted by Crippen LogP contribution is 1.94. The van der Waals surface area contributed by atoms with Crippen LogP contribution in [-0.2, 0) is 0 Å². The Kier molecular flexibility index (Phi) is 4.81. The molecule has 0 unspecified atom stereocenters. The molecule has 0 aromatic rings. The van der Waals surface area contributed by atoms with Gasteiger partial charge in [0.25, 0.3) is 0 Å². The number of carbonyl (C=O) groups is 1. The molecular formula is C7H13N3O. The van der Waals surface area contributed by atoms with Crippen LogP contribution in [0.4, 0.5) is 4.79 Å². The first-order chi connectivity index (χ1) is 5.16. The van der Waals surface area contributed by atoms with Gasteiger partial charge < -0.3 is 5.73 Å². The maximum absolute atomic E-state index is 10.1. The molecule has 0 aromatic carbocycles. The fourth-order valence-electron chi connectivity index (χ4n) is 0.383. The topological polar surface area (TPSA) is 67.5 Å². The zero-order valence-electron chi connectivity index (χ0n) is 6.79. The minimum atomic E-state index is -0.649. The van der Waals surface area contributed by atoms with Crippen molar-refractivity contribution < 1.29 is 4.79 Å². The van der Waals surface area contributed by atoms with E-state index in [1.807, 2.05) is 19.9 Å². The van der Waals surface area contributed by atoms with Gasteiger partial charge in [0.15, 0.2) is 0 Å². The van der Waals surface area contributed by atoms with Crippen LogP contribution in [0.2, 0.25) is 0 Å². The van der Waals surface area contributed by atoms with Gasteiger partial charge in [-0.15, -0.1) is 0 Å². The highest BCUT2D eigenvalue weighted by atomic mass is 16.2. The predicted octanol–water partition coefficient (Wildman–Crippen LogP) is 0.997. The lowest BCUT2D eigenvalue weighted by molar-refractivity contribution is 0.249. The molecule has 0 spiro atoms. The zero-order valence-corrected chi connectivity index (χ0v) is 6.79. The molecule has 4 heteroatoms. The number of hydrogen-bond acceptors (Lipinski definition) is 2. The summed E-state index contributed by atoms with van der Waals surface area (Å²) in [7, 11) is 0. The Balaban J connectivity index is 3.67. The second-order valence-electron chi connectivity index (χ2n) is 2.12. The molecule has 0 radical (unpaired) electrons. The number of nitrogens with zero attached hydrogens (tertiary/aromatic N) is 1. The van der Waals surface area contributed by atoms with Crippen molar-refractivity contribution >= 4 is 12.2 Å². The van der Waals surface area contributed by atoms with Crippen LogP contribution in [0.3, 0.4) is 0 Å². The smallest absolute Gasteiger partial charge is 0.332 e. The van der Waals surface area contributed by atoms with E-state index in [9.17, 15) is 4.79 Å². The maximum Gasteiger partial charge on any atom is 0.332 e. The second-order valence-corrected chi connectivity index (χ2v) is 2.12. The number of nitrogens with one attached hydrogen (secondary N) is 1. The van der Waals surface area contributed by atoms with Crippen molar-refractivity contribution in [1.82, 2.24) is 5.43 Å². The quantitative estimate of drug-likeness (QED) is 0.463. The number of allylic oxidation sites excluding steroid dienone is 2. The average Bonchev–Trinajstić information content (AvgIpc) is 1.97. The van der Waals surface area contributed by atoms with E-state index in [2.05, 4.69) is 10.5 Å². The van der Waals surface area contributed by atoms with Crippen LogP contribution in [0, 0.1) is 0 Å². The summed E-state index contributed by atoms with van der Waals surface area (Å²) in [6.45, 7) is 4.03. The minimum Gasteiger partial charge on any atom is -0.350 e. The Hall–Kier alpha value is -1.32. The molecule has 11 heavy (non-hydrogen) atoms. The number of carbonyl (C=O) groups excluding carboxylic acids is 1. The van der Waals surface area contributed by atoms with E-state index in [1.54, 1.807) is 0 Å². The first kappa shape index (κ1) is 9.68. The lowest BCUT2D eigenvalue weighted by atomic mass is 10.2. The molecule has 3 N–H and O–H groups in total. The summed E-state index contributed by atoms with van der Waals surface area (Å²) in [6, 6.07) is -0.649. The minimum absolute atomic E-state index is 0.649. The van der Waals surface area contributed by atoms with Gasteiger partial charge in [-0.1, -0.05) is 12.5 Å². The van der Waals surface area contributed by atoms with Crippen LogP contribution in [0.15, 0.2) is 16.8 Å². The summed E-state index contributed by atoms with van der Waals surface area (Å²) in [5.41, 5.74) is 8.04. The predicted molar refractivity (Wildman–Crippen MR) is 45.3 cm³/mol. The number of hydrogen-bond donors (Lipinski definition) is 2. The summed E-state index contributed by atoms with van der Waals surface area (Å²) in [6.07, 6.45) is 4.29. The Morgan fingerprint density at radius 3 is 2.82 bits per heavy atom. The third-order valence-corrected chi connectivity index (χ3v) is 1.17. The standard InChI is InChI=1S/C7H13N3O/c1-3-6(2)4-5-9-10-7(8)11/h4-5H,3H2,1-2H3,(H3,8,10,11)/b6-4+,9-5+. The second kappa shape index (κ2) is 5.46. The van der Waals surface area contributed by atoms with Gasteiger partial charge in [0, 0.05) is 6.21 Å². The third kappa shape index (κ3) is 6.57. The van der Waals surface area contributed by atoms with E-state index < -0.39 is 6.03 Å². The molecular weight excluding hydrogens is 142 g/mol. The average molecular weight is 155 g/mol. The molecule has 0 rings (SSSR count). The fourth-order valence-corrected chi connectivity index (χ4v) is 0.383. The van der Waals surface area contributed by atoms with E-state index in [-0.39, 0.29) is 0 Å². The molecule has 0 aliphatic carbocycles. The highest BCUT2D eigenvalue weighted by molar-refractivity contribution is 5.76. The van der Waals surface area contributed by atoms with E-state index in [4.69, 9.17) is 5.73 Å². The van der Waals surface area contributed by atoms with Gasteiger partial charge in [0.2, 0.25) is 0 Å². The Bertz CT molecular complexity index is 184. The zero-order chi connectivity index (χ0) is 8.69. The van der Waals surface area contributed by atoms with Crippen molar-refractivity contribution in [1.29, 1.82) is 0 Å². The van der Waals surface area contributed by atoms with Gasteiger partial charge in [-0.3, -0.25) is 0 Å². The summed E-state index contributed by atoms with van der Waals surface area (Å²) >= 11 is 0. The third-order valence-electron chi connectivity index (χ3n) is 1.17. The largest absolute Gasteiger partial charge is 0.350 e. The van der Waals surface area contributed by atoms with Crippen molar-refractivity contribution in [3.8, 4) is 0 Å². The molecule has 0 aliphatic rings. The first-order valence-electron chi connectivity index (χ1n) is 3.41. The van der Waals surface area contributed by atoms with Crippen LogP contribution < -0.4 is 11.2 Å². The van der Waals surface area contributed by atoms with Crippen LogP contribution >= 0.6 is 0 Å². The fraction of sp³-hybridized carbons (Fsp3) is 0.429. The van der Waals surface area contributed by atoms with E-state index in [0.29, 0.717) is 0 Å². The van der Waals surface area contributed by atoms with Crippen LogP contribution in [0.1, 0.15) is 20.3 Å². The molecule has 4 nitrogen and oxygen atoms in total. The number of rotatable bonds is 3. The molecule has 0 heterocycles. The highest BCUT2D eigenvalue weighted by Gasteiger charge is 1.82. The van der Waals surface area contributed by atoms with Crippen molar-refractivity contribution in [3.05, 3.63) is 11.6 Å². The molecule has 0 aliphatic heterocycles. The van der Waals surface area contributed by atoms with Crippen molar-refractivity contribution in [2.24, 2.45) is 10.8 Å². The van der Waals surface area contributed by atoms with E-state index >= 15 is 0 Å². The molecule has 0 aromatic heterocycles. The van der Waals surface area contributed by atoms with E-state index in [0.717, 1.165) is 6.42 Å². The summed E-state index contributed by atoms with van der Waals surface area (Å²) in [5.74, 6) is 0.